The molecular weight excluding hydrogens is 360 g/mol. The van der Waals surface area contributed by atoms with Crippen LogP contribution >= 0.6 is 11.6 Å². The van der Waals surface area contributed by atoms with Gasteiger partial charge in [0.2, 0.25) is 5.95 Å². The molecule has 1 atom stereocenters. The summed E-state index contributed by atoms with van der Waals surface area (Å²) in [6, 6.07) is 17.2. The quantitative estimate of drug-likeness (QED) is 0.708. The van der Waals surface area contributed by atoms with Crippen LogP contribution in [0.3, 0.4) is 0 Å². The lowest BCUT2D eigenvalue weighted by Crippen LogP contribution is -2.31. The van der Waals surface area contributed by atoms with Crippen molar-refractivity contribution in [3.8, 4) is 11.4 Å². The minimum absolute atomic E-state index is 0.172. The Balaban J connectivity index is 1.68. The van der Waals surface area contributed by atoms with Crippen LogP contribution in [0.5, 0.6) is 0 Å². The van der Waals surface area contributed by atoms with E-state index in [1.54, 1.807) is 0 Å². The number of rotatable bonds is 2. The largest absolute Gasteiger partial charge is 0.328 e. The molecule has 0 amide bonds. The summed E-state index contributed by atoms with van der Waals surface area (Å²) in [6.07, 6.45) is 2.27. The third kappa shape index (κ3) is 2.75. The third-order valence-electron chi connectivity index (χ3n) is 5.09. The number of allylic oxidation sites excluding steroid dienone is 2. The Kier molecular flexibility index (Phi) is 3.83. The fraction of sp³-hybridized carbons (Fsp3) is 0.190. The van der Waals surface area contributed by atoms with Gasteiger partial charge >= 0.3 is 0 Å². The predicted octanol–water partition coefficient (Wildman–Crippen LogP) is 4.62. The molecule has 1 aliphatic carbocycles. The van der Waals surface area contributed by atoms with E-state index in [1.807, 2.05) is 59.3 Å². The summed E-state index contributed by atoms with van der Waals surface area (Å²) in [4.78, 5) is 17.5. The summed E-state index contributed by atoms with van der Waals surface area (Å²) in [5, 5.41) is 8.77. The van der Waals surface area contributed by atoms with Gasteiger partial charge in [-0.3, -0.25) is 4.79 Å². The van der Waals surface area contributed by atoms with Crippen molar-refractivity contribution in [3.63, 3.8) is 0 Å². The van der Waals surface area contributed by atoms with E-state index in [9.17, 15) is 4.79 Å². The number of hydrogen-bond donors (Lipinski definition) is 1. The summed E-state index contributed by atoms with van der Waals surface area (Å²) in [6.45, 7) is 0. The molecule has 134 valence electrons. The third-order valence-corrected chi connectivity index (χ3v) is 5.34. The van der Waals surface area contributed by atoms with Crippen molar-refractivity contribution < 1.29 is 4.79 Å². The van der Waals surface area contributed by atoms with Crippen molar-refractivity contribution in [2.45, 2.75) is 25.3 Å². The van der Waals surface area contributed by atoms with E-state index in [0.29, 0.717) is 23.2 Å². The Labute approximate surface area is 161 Å². The normalized spacial score (nSPS) is 18.7. The Morgan fingerprint density at radius 2 is 1.81 bits per heavy atom. The number of nitrogens with one attached hydrogen (secondary N) is 1. The molecule has 0 spiro atoms. The zero-order chi connectivity index (χ0) is 18.4. The summed E-state index contributed by atoms with van der Waals surface area (Å²) < 4.78 is 1.83. The van der Waals surface area contributed by atoms with E-state index in [4.69, 9.17) is 21.7 Å². The molecule has 0 saturated carbocycles. The smallest absolute Gasteiger partial charge is 0.226 e. The van der Waals surface area contributed by atoms with Crippen LogP contribution in [0, 0.1) is 0 Å². The van der Waals surface area contributed by atoms with Crippen LogP contribution in [-0.2, 0) is 4.79 Å². The number of fused-ring (bicyclic) bond motifs is 1. The molecule has 1 unspecified atom stereocenters. The highest BCUT2D eigenvalue weighted by molar-refractivity contribution is 6.30. The number of carbonyl (C=O) groups excluding carboxylic acids is 1. The number of ketones is 1. The SMILES string of the molecule is O=C1CCCC2=C1C(c1ccc(Cl)cc1)n1nc(-c3ccccc3)nc1N2. The fourth-order valence-corrected chi connectivity index (χ4v) is 3.94. The van der Waals surface area contributed by atoms with Crippen molar-refractivity contribution in [3.05, 3.63) is 76.5 Å². The topological polar surface area (TPSA) is 59.8 Å². The van der Waals surface area contributed by atoms with Gasteiger partial charge in [0.15, 0.2) is 11.6 Å². The molecule has 3 aromatic rings. The zero-order valence-electron chi connectivity index (χ0n) is 14.5. The maximum absolute atomic E-state index is 12.8. The molecule has 6 heteroatoms. The summed E-state index contributed by atoms with van der Waals surface area (Å²) in [5.74, 6) is 1.48. The van der Waals surface area contributed by atoms with Gasteiger partial charge in [-0.15, -0.1) is 5.10 Å². The van der Waals surface area contributed by atoms with E-state index in [0.717, 1.165) is 35.2 Å². The molecule has 2 aliphatic rings. The number of benzene rings is 2. The summed E-state index contributed by atoms with van der Waals surface area (Å²) >= 11 is 6.07. The Hall–Kier alpha value is -2.92. The minimum atomic E-state index is -0.286. The molecule has 0 fully saturated rings. The minimum Gasteiger partial charge on any atom is -0.328 e. The first-order chi connectivity index (χ1) is 13.2. The van der Waals surface area contributed by atoms with E-state index in [1.165, 1.54) is 0 Å². The van der Waals surface area contributed by atoms with E-state index >= 15 is 0 Å². The zero-order valence-corrected chi connectivity index (χ0v) is 15.3. The van der Waals surface area contributed by atoms with Crippen LogP contribution in [0.2, 0.25) is 5.02 Å². The molecule has 0 bridgehead atoms. The molecule has 27 heavy (non-hydrogen) atoms. The van der Waals surface area contributed by atoms with Crippen molar-refractivity contribution in [1.29, 1.82) is 0 Å². The fourth-order valence-electron chi connectivity index (χ4n) is 3.82. The lowest BCUT2D eigenvalue weighted by atomic mass is 9.85. The van der Waals surface area contributed by atoms with Crippen molar-refractivity contribution in [2.24, 2.45) is 0 Å². The number of halogens is 1. The summed E-state index contributed by atoms with van der Waals surface area (Å²) in [5.41, 5.74) is 3.68. The van der Waals surface area contributed by atoms with E-state index in [-0.39, 0.29) is 11.8 Å². The van der Waals surface area contributed by atoms with Gasteiger partial charge in [0, 0.05) is 28.3 Å². The first kappa shape index (κ1) is 16.3. The van der Waals surface area contributed by atoms with Crippen LogP contribution in [-0.4, -0.2) is 20.5 Å². The Morgan fingerprint density at radius 1 is 1.04 bits per heavy atom. The van der Waals surface area contributed by atoms with Crippen LogP contribution < -0.4 is 5.32 Å². The summed E-state index contributed by atoms with van der Waals surface area (Å²) in [7, 11) is 0. The van der Waals surface area contributed by atoms with Gasteiger partial charge in [-0.1, -0.05) is 54.1 Å². The molecule has 5 nitrogen and oxygen atoms in total. The number of anilines is 1. The van der Waals surface area contributed by atoms with E-state index < -0.39 is 0 Å². The molecular formula is C21H17ClN4O. The van der Waals surface area contributed by atoms with Crippen molar-refractivity contribution in [2.75, 3.05) is 5.32 Å². The maximum Gasteiger partial charge on any atom is 0.226 e. The number of nitrogens with zero attached hydrogens (tertiary/aromatic N) is 3. The van der Waals surface area contributed by atoms with Gasteiger partial charge in [0.05, 0.1) is 0 Å². The van der Waals surface area contributed by atoms with Crippen LogP contribution in [0.1, 0.15) is 30.9 Å². The van der Waals surface area contributed by atoms with Crippen LogP contribution in [0.4, 0.5) is 5.95 Å². The average molecular weight is 377 g/mol. The van der Waals surface area contributed by atoms with Crippen molar-refractivity contribution >= 4 is 23.3 Å². The first-order valence-corrected chi connectivity index (χ1v) is 9.39. The lowest BCUT2D eigenvalue weighted by molar-refractivity contribution is -0.116. The van der Waals surface area contributed by atoms with Gasteiger partial charge in [0.25, 0.3) is 0 Å². The molecule has 1 N–H and O–H groups in total. The maximum atomic E-state index is 12.8. The van der Waals surface area contributed by atoms with E-state index in [2.05, 4.69) is 5.32 Å². The number of Topliss-reactive ketones (excluding diaryl/α,β-unsaturated/α-hetero) is 1. The van der Waals surface area contributed by atoms with Crippen molar-refractivity contribution in [1.82, 2.24) is 14.8 Å². The number of hydrogen-bond acceptors (Lipinski definition) is 4. The highest BCUT2D eigenvalue weighted by Gasteiger charge is 2.36. The van der Waals surface area contributed by atoms with Crippen LogP contribution in [0.15, 0.2) is 65.9 Å². The highest BCUT2D eigenvalue weighted by atomic mass is 35.5. The second kappa shape index (κ2) is 6.35. The molecule has 0 saturated heterocycles. The van der Waals surface area contributed by atoms with Gasteiger partial charge in [-0.05, 0) is 30.5 Å². The lowest BCUT2D eigenvalue weighted by Gasteiger charge is -2.32. The predicted molar refractivity (Wildman–Crippen MR) is 105 cm³/mol. The van der Waals surface area contributed by atoms with Gasteiger partial charge in [-0.2, -0.15) is 4.98 Å². The molecule has 5 rings (SSSR count). The first-order valence-electron chi connectivity index (χ1n) is 9.01. The Bertz CT molecular complexity index is 1050. The molecule has 2 heterocycles. The molecule has 2 aromatic carbocycles. The van der Waals surface area contributed by atoms with Gasteiger partial charge in [-0.25, -0.2) is 4.68 Å². The second-order valence-corrected chi connectivity index (χ2v) is 7.25. The highest BCUT2D eigenvalue weighted by Crippen LogP contribution is 2.40. The number of carbonyl (C=O) groups is 1. The van der Waals surface area contributed by atoms with Gasteiger partial charge in [0.1, 0.15) is 6.04 Å². The second-order valence-electron chi connectivity index (χ2n) is 6.82. The monoisotopic (exact) mass is 376 g/mol. The van der Waals surface area contributed by atoms with Crippen LogP contribution in [0.25, 0.3) is 11.4 Å². The molecule has 1 aromatic heterocycles. The molecule has 0 radical (unpaired) electrons. The molecule has 1 aliphatic heterocycles. The van der Waals surface area contributed by atoms with Gasteiger partial charge < -0.3 is 5.32 Å². The average Bonchev–Trinajstić information content (AvgIpc) is 3.12. The Morgan fingerprint density at radius 3 is 2.59 bits per heavy atom. The standard InChI is InChI=1S/C21H17ClN4O/c22-15-11-9-13(10-12-15)19-18-16(7-4-8-17(18)27)23-21-24-20(25-26(19)21)14-5-2-1-3-6-14/h1-3,5-6,9-12,19H,4,7-8H2,(H,23,24,25). The number of aromatic nitrogens is 3.